The molecule has 2 rings (SSSR count). The molecule has 0 aromatic carbocycles. The number of carbonyl (C=O) groups is 1. The number of nitrogens with one attached hydrogen (secondary N) is 1. The molecule has 3 heteroatoms. The van der Waals surface area contributed by atoms with Crippen molar-refractivity contribution in [1.29, 1.82) is 0 Å². The van der Waals surface area contributed by atoms with E-state index in [4.69, 9.17) is 0 Å². The molecule has 0 aromatic heterocycles. The SMILES string of the molecule is CCCC(C)C(=O)N1CC[C@H]2CCNC[C@H]21. The van der Waals surface area contributed by atoms with Crippen LogP contribution in [0.5, 0.6) is 0 Å². The summed E-state index contributed by atoms with van der Waals surface area (Å²) in [4.78, 5) is 14.4. The summed E-state index contributed by atoms with van der Waals surface area (Å²) in [6.45, 7) is 7.36. The number of piperidine rings is 1. The van der Waals surface area contributed by atoms with Crippen molar-refractivity contribution < 1.29 is 4.79 Å². The maximum absolute atomic E-state index is 12.3. The summed E-state index contributed by atoms with van der Waals surface area (Å²) in [5.74, 6) is 1.36. The summed E-state index contributed by atoms with van der Waals surface area (Å²) in [7, 11) is 0. The van der Waals surface area contributed by atoms with E-state index in [1.165, 1.54) is 12.8 Å². The largest absolute Gasteiger partial charge is 0.338 e. The first-order valence-electron chi connectivity index (χ1n) is 6.75. The van der Waals surface area contributed by atoms with Crippen LogP contribution in [-0.2, 0) is 4.79 Å². The van der Waals surface area contributed by atoms with Crippen molar-refractivity contribution in [2.45, 2.75) is 45.6 Å². The summed E-state index contributed by atoms with van der Waals surface area (Å²) >= 11 is 0. The predicted molar refractivity (Wildman–Crippen MR) is 65.2 cm³/mol. The third-order valence-electron chi connectivity index (χ3n) is 4.16. The van der Waals surface area contributed by atoms with Gasteiger partial charge in [0.05, 0.1) is 0 Å². The maximum Gasteiger partial charge on any atom is 0.225 e. The van der Waals surface area contributed by atoms with Gasteiger partial charge in [0.2, 0.25) is 5.91 Å². The Morgan fingerprint density at radius 2 is 2.31 bits per heavy atom. The van der Waals surface area contributed by atoms with E-state index in [9.17, 15) is 4.79 Å². The van der Waals surface area contributed by atoms with Gasteiger partial charge in [0, 0.05) is 25.0 Å². The summed E-state index contributed by atoms with van der Waals surface area (Å²) in [6.07, 6.45) is 4.60. The van der Waals surface area contributed by atoms with Gasteiger partial charge in [-0.05, 0) is 31.7 Å². The molecule has 2 heterocycles. The minimum Gasteiger partial charge on any atom is -0.338 e. The third-order valence-corrected chi connectivity index (χ3v) is 4.16. The average Bonchev–Trinajstić information content (AvgIpc) is 2.72. The Labute approximate surface area is 98.6 Å². The van der Waals surface area contributed by atoms with Gasteiger partial charge in [-0.3, -0.25) is 4.79 Å². The zero-order chi connectivity index (χ0) is 11.5. The molecular weight excluding hydrogens is 200 g/mol. The van der Waals surface area contributed by atoms with Gasteiger partial charge in [-0.25, -0.2) is 0 Å². The van der Waals surface area contributed by atoms with Crippen LogP contribution in [0.2, 0.25) is 0 Å². The monoisotopic (exact) mass is 224 g/mol. The Morgan fingerprint density at radius 3 is 3.06 bits per heavy atom. The first-order chi connectivity index (χ1) is 7.74. The fraction of sp³-hybridized carbons (Fsp3) is 0.923. The normalized spacial score (nSPS) is 31.2. The number of carbonyl (C=O) groups excluding carboxylic acids is 1. The van der Waals surface area contributed by atoms with E-state index in [1.807, 2.05) is 0 Å². The molecule has 3 atom stereocenters. The number of fused-ring (bicyclic) bond motifs is 1. The van der Waals surface area contributed by atoms with E-state index in [0.29, 0.717) is 11.9 Å². The van der Waals surface area contributed by atoms with Crippen molar-refractivity contribution in [2.75, 3.05) is 19.6 Å². The van der Waals surface area contributed by atoms with Crippen LogP contribution in [0.4, 0.5) is 0 Å². The van der Waals surface area contributed by atoms with E-state index in [-0.39, 0.29) is 5.92 Å². The van der Waals surface area contributed by atoms with E-state index < -0.39 is 0 Å². The molecule has 0 radical (unpaired) electrons. The zero-order valence-electron chi connectivity index (χ0n) is 10.5. The molecule has 1 amide bonds. The van der Waals surface area contributed by atoms with Crippen LogP contribution in [0.15, 0.2) is 0 Å². The second-order valence-corrected chi connectivity index (χ2v) is 5.33. The number of likely N-dealkylation sites (tertiary alicyclic amines) is 1. The minimum absolute atomic E-state index is 0.214. The quantitative estimate of drug-likeness (QED) is 0.790. The molecule has 0 aromatic rings. The standard InChI is InChI=1S/C13H24N2O/c1-3-4-10(2)13(16)15-8-6-11-5-7-14-9-12(11)15/h10-12,14H,3-9H2,1-2H3/t10?,11-,12-/m1/s1. The Balaban J connectivity index is 1.96. The van der Waals surface area contributed by atoms with Crippen LogP contribution in [0.25, 0.3) is 0 Å². The summed E-state index contributed by atoms with van der Waals surface area (Å²) in [6, 6.07) is 0.487. The lowest BCUT2D eigenvalue weighted by Crippen LogP contribution is -2.49. The molecule has 2 fully saturated rings. The number of amides is 1. The Bertz CT molecular complexity index is 254. The molecule has 2 aliphatic heterocycles. The van der Waals surface area contributed by atoms with Crippen molar-refractivity contribution in [3.05, 3.63) is 0 Å². The van der Waals surface area contributed by atoms with Gasteiger partial charge in [-0.1, -0.05) is 20.3 Å². The molecule has 2 aliphatic rings. The summed E-state index contributed by atoms with van der Waals surface area (Å²) < 4.78 is 0. The van der Waals surface area contributed by atoms with Gasteiger partial charge in [0.15, 0.2) is 0 Å². The van der Waals surface area contributed by atoms with Gasteiger partial charge >= 0.3 is 0 Å². The molecule has 0 aliphatic carbocycles. The Morgan fingerprint density at radius 1 is 1.50 bits per heavy atom. The van der Waals surface area contributed by atoms with E-state index >= 15 is 0 Å². The lowest BCUT2D eigenvalue weighted by molar-refractivity contribution is -0.136. The predicted octanol–water partition coefficient (Wildman–Crippen LogP) is 1.63. The maximum atomic E-state index is 12.3. The molecule has 16 heavy (non-hydrogen) atoms. The second kappa shape index (κ2) is 5.17. The average molecular weight is 224 g/mol. The van der Waals surface area contributed by atoms with Crippen LogP contribution in [0, 0.1) is 11.8 Å². The molecule has 3 nitrogen and oxygen atoms in total. The Hall–Kier alpha value is -0.570. The summed E-state index contributed by atoms with van der Waals surface area (Å²) in [5.41, 5.74) is 0. The van der Waals surface area contributed by atoms with Crippen molar-refractivity contribution >= 4 is 5.91 Å². The molecule has 0 saturated carbocycles. The van der Waals surface area contributed by atoms with Crippen LogP contribution in [-0.4, -0.2) is 36.5 Å². The molecule has 0 bridgehead atoms. The van der Waals surface area contributed by atoms with E-state index in [0.717, 1.165) is 38.4 Å². The van der Waals surface area contributed by atoms with Crippen LogP contribution in [0.3, 0.4) is 0 Å². The number of rotatable bonds is 3. The highest BCUT2D eigenvalue weighted by atomic mass is 16.2. The first-order valence-corrected chi connectivity index (χ1v) is 6.75. The topological polar surface area (TPSA) is 32.3 Å². The molecule has 1 N–H and O–H groups in total. The van der Waals surface area contributed by atoms with Crippen LogP contribution in [0.1, 0.15) is 39.5 Å². The second-order valence-electron chi connectivity index (χ2n) is 5.33. The fourth-order valence-electron chi connectivity index (χ4n) is 3.18. The molecule has 0 spiro atoms. The lowest BCUT2D eigenvalue weighted by Gasteiger charge is -2.33. The molecular formula is C13H24N2O. The minimum atomic E-state index is 0.214. The number of hydrogen-bond acceptors (Lipinski definition) is 2. The van der Waals surface area contributed by atoms with Crippen LogP contribution < -0.4 is 5.32 Å². The highest BCUT2D eigenvalue weighted by Gasteiger charge is 2.39. The molecule has 1 unspecified atom stereocenters. The summed E-state index contributed by atoms with van der Waals surface area (Å²) in [5, 5.41) is 3.42. The van der Waals surface area contributed by atoms with Gasteiger partial charge in [0.1, 0.15) is 0 Å². The first kappa shape index (κ1) is 11.9. The van der Waals surface area contributed by atoms with Gasteiger partial charge in [0.25, 0.3) is 0 Å². The van der Waals surface area contributed by atoms with Crippen molar-refractivity contribution in [1.82, 2.24) is 10.2 Å². The van der Waals surface area contributed by atoms with Gasteiger partial charge in [-0.15, -0.1) is 0 Å². The van der Waals surface area contributed by atoms with Crippen molar-refractivity contribution in [3.8, 4) is 0 Å². The zero-order valence-corrected chi connectivity index (χ0v) is 10.5. The smallest absolute Gasteiger partial charge is 0.225 e. The molecule has 2 saturated heterocycles. The van der Waals surface area contributed by atoms with Gasteiger partial charge < -0.3 is 10.2 Å². The number of hydrogen-bond donors (Lipinski definition) is 1. The number of nitrogens with zero attached hydrogens (tertiary/aromatic N) is 1. The third kappa shape index (κ3) is 2.24. The van der Waals surface area contributed by atoms with E-state index in [2.05, 4.69) is 24.1 Å². The lowest BCUT2D eigenvalue weighted by atomic mass is 9.93. The van der Waals surface area contributed by atoms with E-state index in [1.54, 1.807) is 0 Å². The van der Waals surface area contributed by atoms with Crippen molar-refractivity contribution in [2.24, 2.45) is 11.8 Å². The van der Waals surface area contributed by atoms with Crippen LogP contribution >= 0.6 is 0 Å². The highest BCUT2D eigenvalue weighted by molar-refractivity contribution is 5.79. The van der Waals surface area contributed by atoms with Crippen molar-refractivity contribution in [3.63, 3.8) is 0 Å². The molecule has 92 valence electrons. The Kier molecular flexibility index (Phi) is 3.85. The fourth-order valence-corrected chi connectivity index (χ4v) is 3.18. The highest BCUT2D eigenvalue weighted by Crippen LogP contribution is 2.30. The van der Waals surface area contributed by atoms with Gasteiger partial charge in [-0.2, -0.15) is 0 Å².